The van der Waals surface area contributed by atoms with E-state index in [9.17, 15) is 14.7 Å². The van der Waals surface area contributed by atoms with Crippen molar-refractivity contribution in [3.05, 3.63) is 23.3 Å². The lowest BCUT2D eigenvalue weighted by Gasteiger charge is -2.12. The number of cyclic esters (lactones) is 1. The number of carbonyl (C=O) groups excluding carboxylic acids is 2. The summed E-state index contributed by atoms with van der Waals surface area (Å²) in [5.74, 6) is 3.36. The number of rotatable bonds is 16. The molecule has 6 heteroatoms. The van der Waals surface area contributed by atoms with Gasteiger partial charge in [0.15, 0.2) is 0 Å². The number of Topliss-reactive ketones (excluding diaryl/α,β-unsaturated/α-hetero) is 1. The maximum Gasteiger partial charge on any atom is 0.342 e. The highest BCUT2D eigenvalue weighted by atomic mass is 16.6. The summed E-state index contributed by atoms with van der Waals surface area (Å²) in [6.45, 7) is 1.86. The molecule has 0 bridgehead atoms. The molecule has 6 nitrogen and oxygen atoms in total. The summed E-state index contributed by atoms with van der Waals surface area (Å²) in [6.07, 6.45) is 14.4. The van der Waals surface area contributed by atoms with Crippen LogP contribution in [-0.2, 0) is 9.53 Å². The second kappa shape index (κ2) is 13.8. The highest BCUT2D eigenvalue weighted by Crippen LogP contribution is 2.41. The van der Waals surface area contributed by atoms with Gasteiger partial charge in [0.1, 0.15) is 35.6 Å². The zero-order valence-corrected chi connectivity index (χ0v) is 19.4. The summed E-state index contributed by atoms with van der Waals surface area (Å²) in [6, 6.07) is 3.49. The van der Waals surface area contributed by atoms with Crippen LogP contribution in [0.5, 0.6) is 11.5 Å². The summed E-state index contributed by atoms with van der Waals surface area (Å²) in [5, 5.41) is 9.22. The summed E-state index contributed by atoms with van der Waals surface area (Å²) in [5.41, 5.74) is 1.29. The number of aliphatic hydroxyl groups is 1. The molecule has 0 fully saturated rings. The van der Waals surface area contributed by atoms with Crippen LogP contribution in [0, 0.1) is 12.3 Å². The predicted molar refractivity (Wildman–Crippen MR) is 123 cm³/mol. The third-order valence-electron chi connectivity index (χ3n) is 5.71. The molecular weight excluding hydrogens is 408 g/mol. The van der Waals surface area contributed by atoms with E-state index in [-0.39, 0.29) is 24.5 Å². The molecule has 1 N–H and O–H groups in total. The molecule has 2 unspecified atom stereocenters. The van der Waals surface area contributed by atoms with Crippen molar-refractivity contribution in [2.45, 2.75) is 89.8 Å². The van der Waals surface area contributed by atoms with Crippen molar-refractivity contribution in [3.8, 4) is 23.8 Å². The quantitative estimate of drug-likeness (QED) is 0.215. The van der Waals surface area contributed by atoms with E-state index < -0.39 is 6.10 Å². The van der Waals surface area contributed by atoms with Crippen molar-refractivity contribution in [1.29, 1.82) is 0 Å². The summed E-state index contributed by atoms with van der Waals surface area (Å²) >= 11 is 0. The molecule has 0 saturated heterocycles. The number of terminal acetylenes is 1. The van der Waals surface area contributed by atoms with Crippen LogP contribution in [0.2, 0.25) is 0 Å². The second-order valence-corrected chi connectivity index (χ2v) is 8.42. The topological polar surface area (TPSA) is 82.1 Å². The molecular formula is C26H36O6. The average Bonchev–Trinajstić information content (AvgIpc) is 3.09. The van der Waals surface area contributed by atoms with Crippen LogP contribution >= 0.6 is 0 Å². The molecule has 1 aromatic carbocycles. The lowest BCUT2D eigenvalue weighted by Crippen LogP contribution is -2.05. The number of aliphatic hydroxyl groups excluding tert-OH is 1. The van der Waals surface area contributed by atoms with Gasteiger partial charge in [-0.05, 0) is 38.7 Å². The van der Waals surface area contributed by atoms with Gasteiger partial charge < -0.3 is 19.3 Å². The van der Waals surface area contributed by atoms with Crippen LogP contribution in [0.15, 0.2) is 12.1 Å². The predicted octanol–water partition coefficient (Wildman–Crippen LogP) is 5.16. The van der Waals surface area contributed by atoms with E-state index in [0.29, 0.717) is 36.3 Å². The van der Waals surface area contributed by atoms with Crippen LogP contribution in [-0.4, -0.2) is 36.7 Å². The molecule has 0 spiro atoms. The smallest absolute Gasteiger partial charge is 0.342 e. The standard InChI is InChI=1S/C26H36O6/c1-4-16-31-21-17-22-23(32-26(29)25(22)24(18-21)30-3)13-11-9-7-5-6-8-10-12-20(28)15-14-19(2)27/h1,17-19,23,27H,5-16H2,2-3H3. The van der Waals surface area contributed by atoms with E-state index in [0.717, 1.165) is 56.9 Å². The number of hydrogen-bond acceptors (Lipinski definition) is 6. The van der Waals surface area contributed by atoms with E-state index >= 15 is 0 Å². The van der Waals surface area contributed by atoms with Crippen LogP contribution < -0.4 is 9.47 Å². The Morgan fingerprint density at radius 1 is 1.16 bits per heavy atom. The number of ketones is 1. The maximum atomic E-state index is 12.3. The van der Waals surface area contributed by atoms with E-state index in [1.54, 1.807) is 13.0 Å². The van der Waals surface area contributed by atoms with Crippen molar-refractivity contribution in [3.63, 3.8) is 0 Å². The van der Waals surface area contributed by atoms with Crippen LogP contribution in [0.1, 0.15) is 99.6 Å². The van der Waals surface area contributed by atoms with E-state index in [2.05, 4.69) is 5.92 Å². The molecule has 1 aliphatic heterocycles. The number of benzene rings is 1. The Morgan fingerprint density at radius 3 is 2.50 bits per heavy atom. The van der Waals surface area contributed by atoms with Gasteiger partial charge in [-0.15, -0.1) is 6.42 Å². The summed E-state index contributed by atoms with van der Waals surface area (Å²) in [4.78, 5) is 24.0. The molecule has 2 atom stereocenters. The van der Waals surface area contributed by atoms with Gasteiger partial charge >= 0.3 is 5.97 Å². The number of unbranched alkanes of at least 4 members (excludes halogenated alkanes) is 6. The monoisotopic (exact) mass is 444 g/mol. The Labute approximate surface area is 191 Å². The first kappa shape index (κ1) is 25.7. The number of carbonyl (C=O) groups is 2. The van der Waals surface area contributed by atoms with Gasteiger partial charge in [0, 0.05) is 24.5 Å². The van der Waals surface area contributed by atoms with Gasteiger partial charge in [0.05, 0.1) is 13.2 Å². The summed E-state index contributed by atoms with van der Waals surface area (Å²) in [7, 11) is 1.52. The SMILES string of the molecule is C#CCOc1cc(OC)c2c(c1)C(CCCCCCCCCC(=O)CCC(C)O)OC2=O. The van der Waals surface area contributed by atoms with E-state index in [4.69, 9.17) is 20.6 Å². The van der Waals surface area contributed by atoms with Crippen LogP contribution in [0.4, 0.5) is 0 Å². The van der Waals surface area contributed by atoms with Crippen molar-refractivity contribution in [2.75, 3.05) is 13.7 Å². The molecule has 1 heterocycles. The van der Waals surface area contributed by atoms with Gasteiger partial charge in [0.2, 0.25) is 0 Å². The number of hydrogen-bond donors (Lipinski definition) is 1. The second-order valence-electron chi connectivity index (χ2n) is 8.42. The molecule has 176 valence electrons. The van der Waals surface area contributed by atoms with Gasteiger partial charge in [-0.2, -0.15) is 0 Å². The molecule has 0 radical (unpaired) electrons. The van der Waals surface area contributed by atoms with Gasteiger partial charge in [0.25, 0.3) is 0 Å². The van der Waals surface area contributed by atoms with Gasteiger partial charge in [-0.1, -0.05) is 38.0 Å². The van der Waals surface area contributed by atoms with Crippen LogP contribution in [0.25, 0.3) is 0 Å². The Hall–Kier alpha value is -2.52. The molecule has 0 aliphatic carbocycles. The van der Waals surface area contributed by atoms with E-state index in [1.807, 2.05) is 6.07 Å². The maximum absolute atomic E-state index is 12.3. The Bertz CT molecular complexity index is 792. The highest BCUT2D eigenvalue weighted by Gasteiger charge is 2.34. The van der Waals surface area contributed by atoms with E-state index in [1.165, 1.54) is 7.11 Å². The first-order chi connectivity index (χ1) is 15.5. The molecule has 2 rings (SSSR count). The minimum Gasteiger partial charge on any atom is -0.496 e. The zero-order chi connectivity index (χ0) is 23.3. The van der Waals surface area contributed by atoms with Crippen molar-refractivity contribution in [1.82, 2.24) is 0 Å². The number of methoxy groups -OCH3 is 1. The fraction of sp³-hybridized carbons (Fsp3) is 0.615. The number of fused-ring (bicyclic) bond motifs is 1. The summed E-state index contributed by atoms with van der Waals surface area (Å²) < 4.78 is 16.5. The molecule has 32 heavy (non-hydrogen) atoms. The van der Waals surface area contributed by atoms with Crippen molar-refractivity contribution >= 4 is 11.8 Å². The average molecular weight is 445 g/mol. The van der Waals surface area contributed by atoms with Crippen molar-refractivity contribution in [2.24, 2.45) is 0 Å². The Morgan fingerprint density at radius 2 is 1.84 bits per heavy atom. The number of esters is 1. The van der Waals surface area contributed by atoms with Crippen LogP contribution in [0.3, 0.4) is 0 Å². The minimum atomic E-state index is -0.397. The molecule has 0 amide bonds. The molecule has 1 aromatic rings. The third-order valence-corrected chi connectivity index (χ3v) is 5.71. The van der Waals surface area contributed by atoms with Crippen molar-refractivity contribution < 1.29 is 28.9 Å². The first-order valence-electron chi connectivity index (χ1n) is 11.6. The largest absolute Gasteiger partial charge is 0.496 e. The first-order valence-corrected chi connectivity index (χ1v) is 11.6. The fourth-order valence-corrected chi connectivity index (χ4v) is 3.95. The Kier molecular flexibility index (Phi) is 11.1. The zero-order valence-electron chi connectivity index (χ0n) is 19.4. The van der Waals surface area contributed by atoms with Gasteiger partial charge in [-0.3, -0.25) is 4.79 Å². The lowest BCUT2D eigenvalue weighted by molar-refractivity contribution is -0.119. The third kappa shape index (κ3) is 8.20. The normalized spacial score (nSPS) is 15.6. The Balaban J connectivity index is 1.67. The number of ether oxygens (including phenoxy) is 3. The molecule has 1 aliphatic rings. The molecule has 0 aromatic heterocycles. The lowest BCUT2D eigenvalue weighted by atomic mass is 9.98. The molecule has 0 saturated carbocycles. The highest BCUT2D eigenvalue weighted by molar-refractivity contribution is 5.97. The fourth-order valence-electron chi connectivity index (χ4n) is 3.95. The van der Waals surface area contributed by atoms with Gasteiger partial charge in [-0.25, -0.2) is 4.79 Å². The minimum absolute atomic E-state index is 0.150.